The van der Waals surface area contributed by atoms with Gasteiger partial charge in [-0.15, -0.1) is 0 Å². The number of carbonyl (C=O) groups is 1. The molecule has 1 aromatic carbocycles. The van der Waals surface area contributed by atoms with Crippen LogP contribution in [0.15, 0.2) is 47.1 Å². The predicted octanol–water partition coefficient (Wildman–Crippen LogP) is 2.16. The van der Waals surface area contributed by atoms with Gasteiger partial charge in [0.2, 0.25) is 0 Å². The lowest BCUT2D eigenvalue weighted by molar-refractivity contribution is 0.00852. The van der Waals surface area contributed by atoms with Crippen LogP contribution in [-0.4, -0.2) is 50.8 Å². The molecule has 0 radical (unpaired) electrons. The maximum absolute atomic E-state index is 12.2. The summed E-state index contributed by atoms with van der Waals surface area (Å²) in [5, 5.41) is 6.07. The highest BCUT2D eigenvalue weighted by Gasteiger charge is 2.49. The second kappa shape index (κ2) is 7.99. The van der Waals surface area contributed by atoms with Crippen molar-refractivity contribution in [3.05, 3.63) is 48.4 Å². The summed E-state index contributed by atoms with van der Waals surface area (Å²) in [6, 6.07) is 10.8. The molecule has 3 heterocycles. The number of methoxy groups -OCH3 is 1. The van der Waals surface area contributed by atoms with Gasteiger partial charge in [0, 0.05) is 5.69 Å². The van der Waals surface area contributed by atoms with Gasteiger partial charge in [0.15, 0.2) is 6.10 Å². The smallest absolute Gasteiger partial charge is 0.412 e. The van der Waals surface area contributed by atoms with E-state index in [1.54, 1.807) is 37.6 Å². The zero-order valence-corrected chi connectivity index (χ0v) is 14.9. The zero-order valence-electron chi connectivity index (χ0n) is 14.9. The Morgan fingerprint density at radius 2 is 1.96 bits per heavy atom. The molecule has 2 saturated heterocycles. The molecule has 8 nitrogen and oxygen atoms in total. The summed E-state index contributed by atoms with van der Waals surface area (Å²) >= 11 is 0. The van der Waals surface area contributed by atoms with Crippen LogP contribution in [0.4, 0.5) is 10.5 Å². The lowest BCUT2D eigenvalue weighted by Crippen LogP contribution is -2.41. The molecule has 1 aromatic heterocycles. The molecule has 2 N–H and O–H groups in total. The van der Waals surface area contributed by atoms with Crippen LogP contribution in [0.1, 0.15) is 5.76 Å². The van der Waals surface area contributed by atoms with Gasteiger partial charge in [-0.1, -0.05) is 0 Å². The first-order valence-corrected chi connectivity index (χ1v) is 8.83. The molecular formula is C19H22N2O6. The molecule has 0 aliphatic carbocycles. The molecule has 27 heavy (non-hydrogen) atoms. The van der Waals surface area contributed by atoms with Gasteiger partial charge in [-0.25, -0.2) is 4.79 Å². The highest BCUT2D eigenvalue weighted by atomic mass is 16.6. The minimum atomic E-state index is -0.537. The Labute approximate surface area is 156 Å². The predicted molar refractivity (Wildman–Crippen MR) is 95.7 cm³/mol. The van der Waals surface area contributed by atoms with Crippen LogP contribution in [0.3, 0.4) is 0 Å². The Bertz CT molecular complexity index is 748. The topological polar surface area (TPSA) is 91.2 Å². The van der Waals surface area contributed by atoms with Crippen molar-refractivity contribution in [1.82, 2.24) is 5.32 Å². The van der Waals surface area contributed by atoms with Crippen LogP contribution in [0.5, 0.6) is 5.75 Å². The van der Waals surface area contributed by atoms with E-state index >= 15 is 0 Å². The molecular weight excluding hydrogens is 352 g/mol. The monoisotopic (exact) mass is 374 g/mol. The van der Waals surface area contributed by atoms with Crippen molar-refractivity contribution in [2.75, 3.05) is 25.6 Å². The summed E-state index contributed by atoms with van der Waals surface area (Å²) < 4.78 is 27.5. The van der Waals surface area contributed by atoms with E-state index in [2.05, 4.69) is 10.6 Å². The summed E-state index contributed by atoms with van der Waals surface area (Å²) in [4.78, 5) is 12.2. The molecule has 2 fully saturated rings. The molecule has 8 heteroatoms. The van der Waals surface area contributed by atoms with Crippen molar-refractivity contribution < 1.29 is 28.2 Å². The molecule has 144 valence electrons. The van der Waals surface area contributed by atoms with Gasteiger partial charge < -0.3 is 28.7 Å². The quantitative estimate of drug-likeness (QED) is 0.801. The third-order valence-electron chi connectivity index (χ3n) is 4.72. The minimum Gasteiger partial charge on any atom is -0.497 e. The molecule has 4 unspecified atom stereocenters. The summed E-state index contributed by atoms with van der Waals surface area (Å²) in [5.41, 5.74) is 0.626. The fourth-order valence-electron chi connectivity index (χ4n) is 3.34. The standard InChI is InChI=1S/C19H22N2O6/c1-23-13-6-4-12(5-7-13)21-19(22)27-16-11-26-17-15(10-25-18(16)17)20-9-14-3-2-8-24-14/h2-8,15-18,20H,9-11H2,1H3,(H,21,22). The second-order valence-electron chi connectivity index (χ2n) is 6.46. The van der Waals surface area contributed by atoms with Crippen molar-refractivity contribution in [1.29, 1.82) is 0 Å². The third-order valence-corrected chi connectivity index (χ3v) is 4.72. The van der Waals surface area contributed by atoms with Crippen molar-refractivity contribution in [3.63, 3.8) is 0 Å². The van der Waals surface area contributed by atoms with E-state index in [4.69, 9.17) is 23.4 Å². The highest BCUT2D eigenvalue weighted by molar-refractivity contribution is 5.84. The SMILES string of the molecule is COc1ccc(NC(=O)OC2COC3C(NCc4ccco4)COC23)cc1. The van der Waals surface area contributed by atoms with Gasteiger partial charge in [0.25, 0.3) is 0 Å². The summed E-state index contributed by atoms with van der Waals surface area (Å²) in [5.74, 6) is 1.57. The number of ether oxygens (including phenoxy) is 4. The molecule has 0 bridgehead atoms. The van der Waals surface area contributed by atoms with E-state index in [1.807, 2.05) is 12.1 Å². The number of furan rings is 1. The van der Waals surface area contributed by atoms with Crippen LogP contribution < -0.4 is 15.4 Å². The molecule has 2 aromatic rings. The second-order valence-corrected chi connectivity index (χ2v) is 6.46. The average Bonchev–Trinajstić information content (AvgIpc) is 3.40. The number of anilines is 1. The van der Waals surface area contributed by atoms with Gasteiger partial charge in [-0.2, -0.15) is 0 Å². The van der Waals surface area contributed by atoms with Crippen molar-refractivity contribution in [2.45, 2.75) is 30.9 Å². The Balaban J connectivity index is 1.27. The fourth-order valence-corrected chi connectivity index (χ4v) is 3.34. The number of hydrogen-bond acceptors (Lipinski definition) is 7. The number of nitrogens with one attached hydrogen (secondary N) is 2. The summed E-state index contributed by atoms with van der Waals surface area (Å²) in [6.45, 7) is 1.40. The lowest BCUT2D eigenvalue weighted by Gasteiger charge is -2.17. The number of hydrogen-bond donors (Lipinski definition) is 2. The average molecular weight is 374 g/mol. The van der Waals surface area contributed by atoms with E-state index in [0.29, 0.717) is 31.2 Å². The van der Waals surface area contributed by atoms with E-state index in [0.717, 1.165) is 5.76 Å². The largest absolute Gasteiger partial charge is 0.497 e. The zero-order chi connectivity index (χ0) is 18.6. The van der Waals surface area contributed by atoms with Gasteiger partial charge in [-0.05, 0) is 36.4 Å². The van der Waals surface area contributed by atoms with E-state index in [-0.39, 0.29) is 18.2 Å². The van der Waals surface area contributed by atoms with Crippen LogP contribution >= 0.6 is 0 Å². The molecule has 2 aliphatic heterocycles. The van der Waals surface area contributed by atoms with Gasteiger partial charge in [-0.3, -0.25) is 5.32 Å². The Morgan fingerprint density at radius 1 is 1.15 bits per heavy atom. The van der Waals surface area contributed by atoms with Crippen molar-refractivity contribution in [3.8, 4) is 5.75 Å². The minimum absolute atomic E-state index is 0.0262. The number of amides is 1. The van der Waals surface area contributed by atoms with E-state index in [1.165, 1.54) is 0 Å². The number of benzene rings is 1. The fraction of sp³-hybridized carbons (Fsp3) is 0.421. The third kappa shape index (κ3) is 4.08. The summed E-state index contributed by atoms with van der Waals surface area (Å²) in [6.07, 6.45) is 0.232. The first-order chi connectivity index (χ1) is 13.2. The summed E-state index contributed by atoms with van der Waals surface area (Å²) in [7, 11) is 1.59. The van der Waals surface area contributed by atoms with E-state index < -0.39 is 12.2 Å². The van der Waals surface area contributed by atoms with Gasteiger partial charge in [0.1, 0.15) is 23.7 Å². The van der Waals surface area contributed by atoms with Crippen LogP contribution in [0, 0.1) is 0 Å². The van der Waals surface area contributed by atoms with Gasteiger partial charge in [0.05, 0.1) is 39.2 Å². The molecule has 4 rings (SSSR count). The number of rotatable bonds is 6. The van der Waals surface area contributed by atoms with Crippen LogP contribution in [0.25, 0.3) is 0 Å². The van der Waals surface area contributed by atoms with Crippen molar-refractivity contribution in [2.24, 2.45) is 0 Å². The molecule has 0 spiro atoms. The molecule has 4 atom stereocenters. The molecule has 2 aliphatic rings. The lowest BCUT2D eigenvalue weighted by atomic mass is 10.1. The Kier molecular flexibility index (Phi) is 5.28. The number of carbonyl (C=O) groups excluding carboxylic acids is 1. The molecule has 0 saturated carbocycles. The molecule has 1 amide bonds. The number of fused-ring (bicyclic) bond motifs is 1. The Hall–Kier alpha value is -2.55. The van der Waals surface area contributed by atoms with E-state index in [9.17, 15) is 4.79 Å². The maximum atomic E-state index is 12.2. The first kappa shape index (κ1) is 17.8. The van der Waals surface area contributed by atoms with Gasteiger partial charge >= 0.3 is 6.09 Å². The van der Waals surface area contributed by atoms with Crippen molar-refractivity contribution >= 4 is 11.8 Å². The Morgan fingerprint density at radius 3 is 2.70 bits per heavy atom. The van der Waals surface area contributed by atoms with Crippen LogP contribution in [0.2, 0.25) is 0 Å². The first-order valence-electron chi connectivity index (χ1n) is 8.83. The van der Waals surface area contributed by atoms with Crippen LogP contribution in [-0.2, 0) is 20.8 Å². The highest BCUT2D eigenvalue weighted by Crippen LogP contribution is 2.29. The normalized spacial score (nSPS) is 26.6. The maximum Gasteiger partial charge on any atom is 0.412 e.